The number of ketones is 1. The molecule has 4 rings (SSSR count). The van der Waals surface area contributed by atoms with Gasteiger partial charge in [0.05, 0.1) is 24.5 Å². The van der Waals surface area contributed by atoms with E-state index in [1.165, 1.54) is 23.0 Å². The summed E-state index contributed by atoms with van der Waals surface area (Å²) >= 11 is 1.49. The van der Waals surface area contributed by atoms with E-state index >= 15 is 0 Å². The van der Waals surface area contributed by atoms with Crippen molar-refractivity contribution in [1.29, 1.82) is 0 Å². The number of aromatic nitrogens is 4. The Balaban J connectivity index is 1.59. The molecule has 0 atom stereocenters. The second-order valence-electron chi connectivity index (χ2n) is 8.09. The zero-order valence-electron chi connectivity index (χ0n) is 19.5. The number of hydrogen-bond acceptors (Lipinski definition) is 9. The van der Waals surface area contributed by atoms with Gasteiger partial charge in [-0.1, -0.05) is 43.3 Å². The van der Waals surface area contributed by atoms with Gasteiger partial charge in [-0.05, 0) is 30.0 Å². The van der Waals surface area contributed by atoms with Crippen molar-refractivity contribution in [3.63, 3.8) is 0 Å². The number of nitrogens with two attached hydrogens (primary N) is 1. The largest absolute Gasteiger partial charge is 0.419 e. The second-order valence-corrected chi connectivity index (χ2v) is 9.04. The van der Waals surface area contributed by atoms with Crippen LogP contribution >= 0.6 is 11.3 Å². The van der Waals surface area contributed by atoms with Crippen LogP contribution in [-0.4, -0.2) is 43.1 Å². The van der Waals surface area contributed by atoms with Gasteiger partial charge in [-0.25, -0.2) is 4.79 Å². The van der Waals surface area contributed by atoms with Crippen LogP contribution in [0.4, 0.5) is 5.82 Å². The maximum absolute atomic E-state index is 13.3. The van der Waals surface area contributed by atoms with Gasteiger partial charge < -0.3 is 10.2 Å². The molecule has 10 nitrogen and oxygen atoms in total. The molecule has 0 aliphatic carbocycles. The molecule has 182 valence electrons. The summed E-state index contributed by atoms with van der Waals surface area (Å²) in [6.07, 6.45) is 0.764. The third kappa shape index (κ3) is 5.31. The fourth-order valence-electron chi connectivity index (χ4n) is 3.79. The first-order valence-electron chi connectivity index (χ1n) is 11.1. The van der Waals surface area contributed by atoms with Gasteiger partial charge >= 0.3 is 5.69 Å². The van der Waals surface area contributed by atoms with Gasteiger partial charge in [0.1, 0.15) is 11.4 Å². The van der Waals surface area contributed by atoms with Crippen LogP contribution in [0, 0.1) is 0 Å². The van der Waals surface area contributed by atoms with Crippen LogP contribution < -0.4 is 17.0 Å². The van der Waals surface area contributed by atoms with Crippen LogP contribution in [0.25, 0.3) is 10.8 Å². The van der Waals surface area contributed by atoms with Gasteiger partial charge in [-0.3, -0.25) is 23.6 Å². The molecule has 2 N–H and O–H groups in total. The minimum atomic E-state index is -0.712. The van der Waals surface area contributed by atoms with Crippen molar-refractivity contribution in [1.82, 2.24) is 24.2 Å². The van der Waals surface area contributed by atoms with Gasteiger partial charge in [0, 0.05) is 7.05 Å². The lowest BCUT2D eigenvalue weighted by molar-refractivity contribution is 0.0917. The smallest absolute Gasteiger partial charge is 0.332 e. The molecule has 35 heavy (non-hydrogen) atoms. The Hall–Kier alpha value is -3.83. The first kappa shape index (κ1) is 24.3. The first-order chi connectivity index (χ1) is 16.9. The van der Waals surface area contributed by atoms with E-state index in [1.54, 1.807) is 0 Å². The van der Waals surface area contributed by atoms with E-state index in [-0.39, 0.29) is 31.0 Å². The normalized spacial score (nSPS) is 11.3. The zero-order chi connectivity index (χ0) is 24.9. The van der Waals surface area contributed by atoms with E-state index in [0.717, 1.165) is 21.4 Å². The van der Waals surface area contributed by atoms with E-state index < -0.39 is 17.0 Å². The molecular formula is C24H26N6O4S. The third-order valence-electron chi connectivity index (χ3n) is 5.51. The molecule has 0 spiro atoms. The fourth-order valence-corrected chi connectivity index (χ4v) is 4.43. The number of hydrogen-bond donors (Lipinski definition) is 1. The number of thiophene rings is 1. The van der Waals surface area contributed by atoms with Gasteiger partial charge in [0.25, 0.3) is 11.4 Å². The van der Waals surface area contributed by atoms with Crippen molar-refractivity contribution in [2.75, 3.05) is 18.8 Å². The molecule has 3 heterocycles. The van der Waals surface area contributed by atoms with E-state index in [9.17, 15) is 14.4 Å². The van der Waals surface area contributed by atoms with E-state index in [2.05, 4.69) is 10.2 Å². The summed E-state index contributed by atoms with van der Waals surface area (Å²) in [5, 5.41) is 10.1. The summed E-state index contributed by atoms with van der Waals surface area (Å²) < 4.78 is 7.93. The second kappa shape index (κ2) is 10.6. The van der Waals surface area contributed by atoms with Crippen LogP contribution in [0.1, 0.15) is 35.2 Å². The van der Waals surface area contributed by atoms with Crippen molar-refractivity contribution >= 4 is 22.9 Å². The molecule has 3 aromatic heterocycles. The molecule has 0 aliphatic rings. The molecule has 0 aliphatic heterocycles. The molecule has 0 fully saturated rings. The minimum absolute atomic E-state index is 0.0897. The average Bonchev–Trinajstić information content (AvgIpc) is 3.54. The van der Waals surface area contributed by atoms with Crippen molar-refractivity contribution in [3.8, 4) is 10.8 Å². The highest BCUT2D eigenvalue weighted by molar-refractivity contribution is 7.13. The standard InChI is InChI=1S/C24H26N6O4S/c1-3-11-29(15-19-26-27-22(34-19)18-10-7-12-35-18)14-17(31)20-21(25)30(24(33)28(2)23(20)32)13-16-8-5-4-6-9-16/h4-10,12H,3,11,13-15,25H2,1-2H3. The first-order valence-corrected chi connectivity index (χ1v) is 12.0. The Labute approximate surface area is 205 Å². The molecular weight excluding hydrogens is 468 g/mol. The fraction of sp³-hybridized carbons (Fsp3) is 0.292. The topological polar surface area (TPSA) is 129 Å². The number of anilines is 1. The Morgan fingerprint density at radius 3 is 2.60 bits per heavy atom. The van der Waals surface area contributed by atoms with Crippen molar-refractivity contribution < 1.29 is 9.21 Å². The number of Topliss-reactive ketones (excluding diaryl/α,β-unsaturated/α-hetero) is 1. The Morgan fingerprint density at radius 2 is 1.91 bits per heavy atom. The third-order valence-corrected chi connectivity index (χ3v) is 6.37. The SMILES string of the molecule is CCCN(CC(=O)c1c(N)n(Cc2ccccc2)c(=O)n(C)c1=O)Cc1nnc(-c2cccs2)o1. The van der Waals surface area contributed by atoms with Gasteiger partial charge in [0.2, 0.25) is 5.89 Å². The van der Waals surface area contributed by atoms with E-state index in [1.807, 2.05) is 59.7 Å². The summed E-state index contributed by atoms with van der Waals surface area (Å²) in [6, 6.07) is 13.0. The number of carbonyl (C=O) groups excluding carboxylic acids is 1. The maximum atomic E-state index is 13.3. The Bertz CT molecular complexity index is 1420. The molecule has 4 aromatic rings. The summed E-state index contributed by atoms with van der Waals surface area (Å²) in [7, 11) is 1.34. The number of nitrogen functional groups attached to an aromatic ring is 1. The predicted octanol–water partition coefficient (Wildman–Crippen LogP) is 2.38. The summed E-state index contributed by atoms with van der Waals surface area (Å²) in [5.41, 5.74) is 5.57. The molecule has 0 radical (unpaired) electrons. The lowest BCUT2D eigenvalue weighted by Gasteiger charge is -2.20. The van der Waals surface area contributed by atoms with Gasteiger partial charge in [-0.15, -0.1) is 21.5 Å². The molecule has 0 saturated carbocycles. The zero-order valence-corrected chi connectivity index (χ0v) is 20.3. The molecule has 0 bridgehead atoms. The van der Waals surface area contributed by atoms with E-state index in [0.29, 0.717) is 18.3 Å². The molecule has 0 saturated heterocycles. The molecule has 1 aromatic carbocycles. The van der Waals surface area contributed by atoms with Crippen molar-refractivity contribution in [2.24, 2.45) is 7.05 Å². The quantitative estimate of drug-likeness (QED) is 0.333. The summed E-state index contributed by atoms with van der Waals surface area (Å²) in [5.74, 6) is 0.172. The highest BCUT2D eigenvalue weighted by Crippen LogP contribution is 2.23. The number of rotatable bonds is 10. The van der Waals surface area contributed by atoms with Crippen LogP contribution in [0.3, 0.4) is 0 Å². The summed E-state index contributed by atoms with van der Waals surface area (Å²) in [6.45, 7) is 2.84. The highest BCUT2D eigenvalue weighted by atomic mass is 32.1. The molecule has 0 unspecified atom stereocenters. The van der Waals surface area contributed by atoms with Crippen LogP contribution in [0.5, 0.6) is 0 Å². The van der Waals surface area contributed by atoms with Crippen LogP contribution in [-0.2, 0) is 20.1 Å². The van der Waals surface area contributed by atoms with E-state index in [4.69, 9.17) is 10.2 Å². The van der Waals surface area contributed by atoms with Crippen molar-refractivity contribution in [2.45, 2.75) is 26.4 Å². The average molecular weight is 495 g/mol. The Morgan fingerprint density at radius 1 is 1.14 bits per heavy atom. The lowest BCUT2D eigenvalue weighted by Crippen LogP contribution is -2.44. The highest BCUT2D eigenvalue weighted by Gasteiger charge is 2.24. The molecule has 0 amide bonds. The number of carbonyl (C=O) groups is 1. The van der Waals surface area contributed by atoms with Crippen molar-refractivity contribution in [3.05, 3.63) is 85.7 Å². The minimum Gasteiger partial charge on any atom is -0.419 e. The monoisotopic (exact) mass is 494 g/mol. The number of benzene rings is 1. The maximum Gasteiger partial charge on any atom is 0.332 e. The summed E-state index contributed by atoms with van der Waals surface area (Å²) in [4.78, 5) is 41.6. The lowest BCUT2D eigenvalue weighted by atomic mass is 10.1. The van der Waals surface area contributed by atoms with Crippen LogP contribution in [0.2, 0.25) is 0 Å². The van der Waals surface area contributed by atoms with Gasteiger partial charge in [0.15, 0.2) is 5.78 Å². The Kier molecular flexibility index (Phi) is 7.37. The molecule has 11 heteroatoms. The van der Waals surface area contributed by atoms with Crippen LogP contribution in [0.15, 0.2) is 61.9 Å². The predicted molar refractivity (Wildman–Crippen MR) is 133 cm³/mol. The number of nitrogens with zero attached hydrogens (tertiary/aromatic N) is 5. The van der Waals surface area contributed by atoms with Gasteiger partial charge in [-0.2, -0.15) is 0 Å².